The van der Waals surface area contributed by atoms with Gasteiger partial charge in [0.05, 0.1) is 0 Å². The van der Waals surface area contributed by atoms with Crippen LogP contribution in [0.2, 0.25) is 0 Å². The maximum absolute atomic E-state index is 3.34. The minimum atomic E-state index is 1.13. The molecule has 0 aliphatic carbocycles. The van der Waals surface area contributed by atoms with Crippen molar-refractivity contribution in [2.24, 2.45) is 0 Å². The van der Waals surface area contributed by atoms with Gasteiger partial charge in [0.25, 0.3) is 0 Å². The van der Waals surface area contributed by atoms with Crippen molar-refractivity contribution in [1.82, 2.24) is 0 Å². The molecule has 82 valence electrons. The number of aryl methyl sites for hydroxylation is 2. The van der Waals surface area contributed by atoms with Crippen LogP contribution >= 0.6 is 11.9 Å². The fourth-order valence-electron chi connectivity index (χ4n) is 1.53. The van der Waals surface area contributed by atoms with Crippen molar-refractivity contribution >= 4 is 17.6 Å². The van der Waals surface area contributed by atoms with Crippen LogP contribution in [0.15, 0.2) is 53.4 Å². The lowest BCUT2D eigenvalue weighted by molar-refractivity contribution is 1.27. The molecule has 0 aromatic heterocycles. The van der Waals surface area contributed by atoms with Gasteiger partial charge >= 0.3 is 0 Å². The van der Waals surface area contributed by atoms with E-state index in [1.54, 1.807) is 11.9 Å². The number of anilines is 1. The quantitative estimate of drug-likeness (QED) is 0.782. The molecule has 0 heterocycles. The minimum absolute atomic E-state index is 1.13. The van der Waals surface area contributed by atoms with Gasteiger partial charge in [-0.3, -0.25) is 0 Å². The van der Waals surface area contributed by atoms with Gasteiger partial charge in [0, 0.05) is 10.6 Å². The van der Waals surface area contributed by atoms with E-state index in [4.69, 9.17) is 0 Å². The van der Waals surface area contributed by atoms with Crippen LogP contribution in [-0.2, 0) is 0 Å². The predicted molar refractivity (Wildman–Crippen MR) is 71.8 cm³/mol. The van der Waals surface area contributed by atoms with Crippen LogP contribution in [0.4, 0.5) is 5.69 Å². The molecule has 0 aliphatic rings. The highest BCUT2D eigenvalue weighted by molar-refractivity contribution is 8.00. The Labute approximate surface area is 101 Å². The van der Waals surface area contributed by atoms with Crippen molar-refractivity contribution in [1.29, 1.82) is 0 Å². The summed E-state index contributed by atoms with van der Waals surface area (Å²) >= 11 is 1.66. The number of para-hydroxylation sites is 1. The van der Waals surface area contributed by atoms with Crippen molar-refractivity contribution in [3.05, 3.63) is 59.7 Å². The van der Waals surface area contributed by atoms with Crippen molar-refractivity contribution in [3.63, 3.8) is 0 Å². The molecule has 0 amide bonds. The summed E-state index contributed by atoms with van der Waals surface area (Å²) in [5.41, 5.74) is 3.75. The van der Waals surface area contributed by atoms with Crippen molar-refractivity contribution in [3.8, 4) is 0 Å². The number of rotatable bonds is 3. The van der Waals surface area contributed by atoms with Crippen molar-refractivity contribution in [2.45, 2.75) is 18.7 Å². The summed E-state index contributed by atoms with van der Waals surface area (Å²) in [6.07, 6.45) is 0. The molecule has 16 heavy (non-hydrogen) atoms. The maximum atomic E-state index is 3.34. The second-order valence-electron chi connectivity index (χ2n) is 3.84. The van der Waals surface area contributed by atoms with E-state index in [-0.39, 0.29) is 0 Å². The first kappa shape index (κ1) is 11.1. The summed E-state index contributed by atoms with van der Waals surface area (Å²) in [5, 5.41) is 0. The molecule has 0 bridgehead atoms. The number of hydrogen-bond donors (Lipinski definition) is 1. The second kappa shape index (κ2) is 5.08. The number of hydrogen-bond acceptors (Lipinski definition) is 2. The summed E-state index contributed by atoms with van der Waals surface area (Å²) in [7, 11) is 0. The molecule has 0 saturated carbocycles. The molecule has 2 rings (SSSR count). The van der Waals surface area contributed by atoms with Gasteiger partial charge in [0.1, 0.15) is 0 Å². The van der Waals surface area contributed by atoms with E-state index in [1.165, 1.54) is 16.0 Å². The van der Waals surface area contributed by atoms with Crippen LogP contribution in [0.3, 0.4) is 0 Å². The van der Waals surface area contributed by atoms with Crippen LogP contribution in [-0.4, -0.2) is 0 Å². The number of nitrogens with one attached hydrogen (secondary N) is 1. The molecule has 0 spiro atoms. The molecule has 0 atom stereocenters. The summed E-state index contributed by atoms with van der Waals surface area (Å²) in [4.78, 5) is 1.27. The second-order valence-corrected chi connectivity index (χ2v) is 4.69. The Morgan fingerprint density at radius 2 is 1.69 bits per heavy atom. The van der Waals surface area contributed by atoms with Crippen molar-refractivity contribution in [2.75, 3.05) is 4.72 Å². The Morgan fingerprint density at radius 1 is 0.938 bits per heavy atom. The Balaban J connectivity index is 2.05. The highest BCUT2D eigenvalue weighted by Crippen LogP contribution is 2.24. The van der Waals surface area contributed by atoms with E-state index in [0.717, 1.165) is 5.69 Å². The zero-order valence-corrected chi connectivity index (χ0v) is 10.3. The molecule has 2 heteroatoms. The van der Waals surface area contributed by atoms with Crippen LogP contribution in [0, 0.1) is 13.8 Å². The molecular weight excluding hydrogens is 214 g/mol. The molecule has 1 nitrogen and oxygen atoms in total. The van der Waals surface area contributed by atoms with E-state index in [0.29, 0.717) is 0 Å². The Kier molecular flexibility index (Phi) is 3.52. The molecule has 0 aliphatic heterocycles. The smallest absolute Gasteiger partial charge is 0.0443 e. The molecule has 0 unspecified atom stereocenters. The SMILES string of the molecule is Cc1ccc(SNc2ccccc2)c(C)c1. The van der Waals surface area contributed by atoms with E-state index in [2.05, 4.69) is 48.9 Å². The molecule has 0 fully saturated rings. The van der Waals surface area contributed by atoms with Gasteiger partial charge in [0.2, 0.25) is 0 Å². The third-order valence-electron chi connectivity index (χ3n) is 2.38. The summed E-state index contributed by atoms with van der Waals surface area (Å²) < 4.78 is 3.34. The summed E-state index contributed by atoms with van der Waals surface area (Å²) in [6, 6.07) is 16.7. The van der Waals surface area contributed by atoms with Crippen LogP contribution in [0.25, 0.3) is 0 Å². The first-order valence-corrected chi connectivity index (χ1v) is 6.12. The first-order chi connectivity index (χ1) is 7.75. The summed E-state index contributed by atoms with van der Waals surface area (Å²) in [5.74, 6) is 0. The molecule has 0 radical (unpaired) electrons. The molecule has 0 saturated heterocycles. The summed E-state index contributed by atoms with van der Waals surface area (Å²) in [6.45, 7) is 4.26. The molecule has 2 aromatic carbocycles. The Bertz CT molecular complexity index is 465. The third kappa shape index (κ3) is 2.80. The standard InChI is InChI=1S/C14H15NS/c1-11-8-9-14(12(2)10-11)16-15-13-6-4-3-5-7-13/h3-10,15H,1-2H3. The average Bonchev–Trinajstić information content (AvgIpc) is 2.29. The van der Waals surface area contributed by atoms with Crippen LogP contribution in [0.1, 0.15) is 11.1 Å². The largest absolute Gasteiger partial charge is 0.326 e. The van der Waals surface area contributed by atoms with E-state index >= 15 is 0 Å². The Morgan fingerprint density at radius 3 is 2.38 bits per heavy atom. The van der Waals surface area contributed by atoms with Gasteiger partial charge in [0.15, 0.2) is 0 Å². The number of benzene rings is 2. The van der Waals surface area contributed by atoms with E-state index in [1.807, 2.05) is 18.2 Å². The zero-order valence-electron chi connectivity index (χ0n) is 9.53. The van der Waals surface area contributed by atoms with Crippen LogP contribution in [0.5, 0.6) is 0 Å². The first-order valence-electron chi connectivity index (χ1n) is 5.31. The van der Waals surface area contributed by atoms with Crippen molar-refractivity contribution < 1.29 is 0 Å². The van der Waals surface area contributed by atoms with Gasteiger partial charge in [-0.05, 0) is 49.6 Å². The van der Waals surface area contributed by atoms with Gasteiger partial charge in [-0.2, -0.15) is 0 Å². The van der Waals surface area contributed by atoms with Gasteiger partial charge in [-0.1, -0.05) is 35.9 Å². The lowest BCUT2D eigenvalue weighted by atomic mass is 10.2. The van der Waals surface area contributed by atoms with Gasteiger partial charge in [-0.15, -0.1) is 0 Å². The lowest BCUT2D eigenvalue weighted by Gasteiger charge is -2.08. The topological polar surface area (TPSA) is 12.0 Å². The average molecular weight is 229 g/mol. The fraction of sp³-hybridized carbons (Fsp3) is 0.143. The van der Waals surface area contributed by atoms with E-state index in [9.17, 15) is 0 Å². The highest BCUT2D eigenvalue weighted by Gasteiger charge is 1.99. The fourth-order valence-corrected chi connectivity index (χ4v) is 2.25. The van der Waals surface area contributed by atoms with Gasteiger partial charge in [-0.25, -0.2) is 0 Å². The molecular formula is C14H15NS. The Hall–Kier alpha value is -1.41. The highest BCUT2D eigenvalue weighted by atomic mass is 32.2. The zero-order chi connectivity index (χ0) is 11.4. The monoisotopic (exact) mass is 229 g/mol. The minimum Gasteiger partial charge on any atom is -0.326 e. The van der Waals surface area contributed by atoms with Crippen LogP contribution < -0.4 is 4.72 Å². The third-order valence-corrected chi connectivity index (χ3v) is 3.40. The molecule has 2 aromatic rings. The predicted octanol–water partition coefficient (Wildman–Crippen LogP) is 4.42. The lowest BCUT2D eigenvalue weighted by Crippen LogP contribution is -1.88. The normalized spacial score (nSPS) is 10.1. The molecule has 1 N–H and O–H groups in total. The maximum Gasteiger partial charge on any atom is 0.0443 e. The van der Waals surface area contributed by atoms with Gasteiger partial charge < -0.3 is 4.72 Å². The van der Waals surface area contributed by atoms with E-state index < -0.39 is 0 Å².